The maximum atomic E-state index is 3.71. The number of nitrogens with one attached hydrogen (secondary N) is 1. The van der Waals surface area contributed by atoms with Crippen LogP contribution in [0.1, 0.15) is 57.9 Å². The van der Waals surface area contributed by atoms with Gasteiger partial charge in [0.2, 0.25) is 0 Å². The van der Waals surface area contributed by atoms with Crippen LogP contribution >= 0.6 is 11.8 Å². The molecule has 1 aliphatic carbocycles. The maximum Gasteiger partial charge on any atom is 0.0191 e. The second kappa shape index (κ2) is 7.35. The van der Waals surface area contributed by atoms with Crippen LogP contribution in [0.15, 0.2) is 29.2 Å². The Morgan fingerprint density at radius 1 is 1.11 bits per heavy atom. The molecular weight excluding hydrogens is 250 g/mol. The molecule has 2 heteroatoms. The van der Waals surface area contributed by atoms with Gasteiger partial charge in [0.05, 0.1) is 0 Å². The molecule has 0 radical (unpaired) electrons. The van der Waals surface area contributed by atoms with Gasteiger partial charge in [0.25, 0.3) is 0 Å². The zero-order chi connectivity index (χ0) is 13.7. The van der Waals surface area contributed by atoms with Gasteiger partial charge in [0.15, 0.2) is 0 Å². The molecular formula is C17H27NS. The van der Waals surface area contributed by atoms with Gasteiger partial charge < -0.3 is 5.32 Å². The zero-order valence-electron chi connectivity index (χ0n) is 12.5. The van der Waals surface area contributed by atoms with Crippen molar-refractivity contribution < 1.29 is 0 Å². The Morgan fingerprint density at radius 3 is 2.32 bits per heavy atom. The fourth-order valence-electron chi connectivity index (χ4n) is 2.67. The van der Waals surface area contributed by atoms with E-state index in [1.54, 1.807) is 0 Å². The van der Waals surface area contributed by atoms with Crippen molar-refractivity contribution in [2.45, 2.75) is 68.6 Å². The molecule has 0 aromatic heterocycles. The molecule has 1 saturated carbocycles. The van der Waals surface area contributed by atoms with Crippen molar-refractivity contribution in [3.63, 3.8) is 0 Å². The van der Waals surface area contributed by atoms with E-state index in [0.29, 0.717) is 11.2 Å². The summed E-state index contributed by atoms with van der Waals surface area (Å²) in [5.74, 6) is 0.625. The molecule has 0 bridgehead atoms. The minimum absolute atomic E-state index is 0.625. The summed E-state index contributed by atoms with van der Waals surface area (Å²) in [5.41, 5.74) is 1.43. The normalized spacial score (nSPS) is 18.1. The van der Waals surface area contributed by atoms with E-state index >= 15 is 0 Å². The Labute approximate surface area is 122 Å². The predicted molar refractivity (Wildman–Crippen MR) is 86.1 cm³/mol. The van der Waals surface area contributed by atoms with E-state index in [1.165, 1.54) is 36.1 Å². The molecule has 2 rings (SSSR count). The summed E-state index contributed by atoms with van der Waals surface area (Å²) in [7, 11) is 0. The minimum Gasteiger partial charge on any atom is -0.313 e. The first-order valence-corrected chi connectivity index (χ1v) is 8.53. The molecule has 1 aromatic rings. The van der Waals surface area contributed by atoms with Gasteiger partial charge in [0, 0.05) is 22.7 Å². The molecule has 1 nitrogen and oxygen atoms in total. The number of hydrogen-bond donors (Lipinski definition) is 1. The second-order valence-electron chi connectivity index (χ2n) is 6.04. The Kier molecular flexibility index (Phi) is 5.77. The van der Waals surface area contributed by atoms with Crippen LogP contribution in [0.4, 0.5) is 0 Å². The van der Waals surface area contributed by atoms with Crippen molar-refractivity contribution in [2.24, 2.45) is 0 Å². The lowest BCUT2D eigenvalue weighted by Crippen LogP contribution is -2.31. The molecule has 1 aromatic carbocycles. The Balaban J connectivity index is 1.76. The van der Waals surface area contributed by atoms with Gasteiger partial charge >= 0.3 is 0 Å². The van der Waals surface area contributed by atoms with Gasteiger partial charge in [-0.2, -0.15) is 0 Å². The van der Waals surface area contributed by atoms with Crippen LogP contribution in [0.5, 0.6) is 0 Å². The second-order valence-corrected chi connectivity index (χ2v) is 7.55. The molecule has 0 saturated heterocycles. The summed E-state index contributed by atoms with van der Waals surface area (Å²) < 4.78 is 0. The lowest BCUT2D eigenvalue weighted by Gasteiger charge is -2.17. The standard InChI is InChI=1S/C17H27NS/c1-13(2)15-8-10-17(11-9-15)19-14(3)12-18-16-6-4-5-7-16/h8-11,13-14,16,18H,4-7,12H2,1-3H3. The molecule has 0 aliphatic heterocycles. The Bertz CT molecular complexity index is 365. The third-order valence-electron chi connectivity index (χ3n) is 3.93. The summed E-state index contributed by atoms with van der Waals surface area (Å²) in [6.07, 6.45) is 5.58. The summed E-state index contributed by atoms with van der Waals surface area (Å²) >= 11 is 1.98. The van der Waals surface area contributed by atoms with E-state index in [1.807, 2.05) is 11.8 Å². The van der Waals surface area contributed by atoms with E-state index in [-0.39, 0.29) is 0 Å². The van der Waals surface area contributed by atoms with Gasteiger partial charge in [-0.1, -0.05) is 45.7 Å². The van der Waals surface area contributed by atoms with E-state index in [4.69, 9.17) is 0 Å². The SMILES string of the molecule is CC(CNC1CCCC1)Sc1ccc(C(C)C)cc1. The van der Waals surface area contributed by atoms with Crippen LogP contribution in [-0.4, -0.2) is 17.8 Å². The highest BCUT2D eigenvalue weighted by atomic mass is 32.2. The first kappa shape index (κ1) is 14.9. The van der Waals surface area contributed by atoms with Crippen LogP contribution in [-0.2, 0) is 0 Å². The number of rotatable bonds is 6. The fourth-order valence-corrected chi connectivity index (χ4v) is 3.61. The Morgan fingerprint density at radius 2 is 1.74 bits per heavy atom. The molecule has 0 amide bonds. The van der Waals surface area contributed by atoms with Crippen LogP contribution in [0.3, 0.4) is 0 Å². The topological polar surface area (TPSA) is 12.0 Å². The fraction of sp³-hybridized carbons (Fsp3) is 0.647. The highest BCUT2D eigenvalue weighted by Crippen LogP contribution is 2.25. The molecule has 19 heavy (non-hydrogen) atoms. The zero-order valence-corrected chi connectivity index (χ0v) is 13.3. The van der Waals surface area contributed by atoms with Gasteiger partial charge in [-0.3, -0.25) is 0 Å². The lowest BCUT2D eigenvalue weighted by molar-refractivity contribution is 0.527. The molecule has 0 heterocycles. The first-order valence-electron chi connectivity index (χ1n) is 7.65. The summed E-state index contributed by atoms with van der Waals surface area (Å²) in [6, 6.07) is 9.86. The molecule has 1 unspecified atom stereocenters. The van der Waals surface area contributed by atoms with Gasteiger partial charge in [0.1, 0.15) is 0 Å². The summed E-state index contributed by atoms with van der Waals surface area (Å²) in [4.78, 5) is 1.39. The molecule has 1 aliphatic rings. The molecule has 1 atom stereocenters. The largest absolute Gasteiger partial charge is 0.313 e. The maximum absolute atomic E-state index is 3.71. The summed E-state index contributed by atoms with van der Waals surface area (Å²) in [6.45, 7) is 7.94. The van der Waals surface area contributed by atoms with E-state index in [2.05, 4.69) is 50.4 Å². The quantitative estimate of drug-likeness (QED) is 0.748. The van der Waals surface area contributed by atoms with Gasteiger partial charge in [-0.25, -0.2) is 0 Å². The smallest absolute Gasteiger partial charge is 0.0191 e. The average Bonchev–Trinajstić information content (AvgIpc) is 2.90. The number of hydrogen-bond acceptors (Lipinski definition) is 2. The predicted octanol–water partition coefficient (Wildman–Crippen LogP) is 4.82. The minimum atomic E-state index is 0.625. The van der Waals surface area contributed by atoms with E-state index in [9.17, 15) is 0 Å². The van der Waals surface area contributed by atoms with E-state index < -0.39 is 0 Å². The number of thioether (sulfide) groups is 1. The third kappa shape index (κ3) is 4.85. The van der Waals surface area contributed by atoms with Crippen molar-refractivity contribution >= 4 is 11.8 Å². The van der Waals surface area contributed by atoms with Gasteiger partial charge in [-0.15, -0.1) is 11.8 Å². The first-order chi connectivity index (χ1) is 9.15. The highest BCUT2D eigenvalue weighted by Gasteiger charge is 2.15. The van der Waals surface area contributed by atoms with Crippen LogP contribution < -0.4 is 5.32 Å². The third-order valence-corrected chi connectivity index (χ3v) is 5.05. The number of benzene rings is 1. The monoisotopic (exact) mass is 277 g/mol. The molecule has 106 valence electrons. The lowest BCUT2D eigenvalue weighted by atomic mass is 10.0. The van der Waals surface area contributed by atoms with Crippen molar-refractivity contribution in [1.82, 2.24) is 5.32 Å². The van der Waals surface area contributed by atoms with Crippen LogP contribution in [0, 0.1) is 0 Å². The summed E-state index contributed by atoms with van der Waals surface area (Å²) in [5, 5.41) is 4.35. The Hall–Kier alpha value is -0.470. The molecule has 1 fully saturated rings. The van der Waals surface area contributed by atoms with Crippen molar-refractivity contribution in [3.8, 4) is 0 Å². The van der Waals surface area contributed by atoms with Crippen LogP contribution in [0.25, 0.3) is 0 Å². The van der Waals surface area contributed by atoms with Crippen molar-refractivity contribution in [1.29, 1.82) is 0 Å². The van der Waals surface area contributed by atoms with Gasteiger partial charge in [-0.05, 0) is 36.5 Å². The average molecular weight is 277 g/mol. The molecule has 0 spiro atoms. The molecule has 1 N–H and O–H groups in total. The van der Waals surface area contributed by atoms with Crippen molar-refractivity contribution in [3.05, 3.63) is 29.8 Å². The van der Waals surface area contributed by atoms with Crippen molar-refractivity contribution in [2.75, 3.05) is 6.54 Å². The van der Waals surface area contributed by atoms with E-state index in [0.717, 1.165) is 12.6 Å². The van der Waals surface area contributed by atoms with Crippen LogP contribution in [0.2, 0.25) is 0 Å². The highest BCUT2D eigenvalue weighted by molar-refractivity contribution is 8.00.